The van der Waals surface area contributed by atoms with E-state index in [0.29, 0.717) is 11.0 Å². The maximum absolute atomic E-state index is 15.1. The number of hydrogen-bond donors (Lipinski definition) is 0. The number of hydrogen-bond acceptors (Lipinski definition) is 3. The van der Waals surface area contributed by atoms with Crippen LogP contribution in [0.2, 0.25) is 0 Å². The Morgan fingerprint density at radius 1 is 0.509 bits per heavy atom. The lowest BCUT2D eigenvalue weighted by molar-refractivity contribution is -0.137. The van der Waals surface area contributed by atoms with Crippen molar-refractivity contribution >= 4 is 61.2 Å². The van der Waals surface area contributed by atoms with Crippen molar-refractivity contribution < 1.29 is 22.8 Å². The van der Waals surface area contributed by atoms with Crippen molar-refractivity contribution in [3.63, 3.8) is 0 Å². The second kappa shape index (κ2) is 11.2. The van der Waals surface area contributed by atoms with Gasteiger partial charge in [0.1, 0.15) is 5.82 Å². The highest BCUT2D eigenvalue weighted by molar-refractivity contribution is 6.45. The minimum atomic E-state index is -4.55. The molecule has 10 rings (SSSR count). The molecule has 1 aliphatic rings. The van der Waals surface area contributed by atoms with Crippen LogP contribution in [0.5, 0.6) is 0 Å². The lowest BCUT2D eigenvalue weighted by atomic mass is 9.98. The number of carbonyl (C=O) groups is 2. The van der Waals surface area contributed by atoms with Crippen molar-refractivity contribution in [3.8, 4) is 22.6 Å². The van der Waals surface area contributed by atoms with Gasteiger partial charge in [0.15, 0.2) is 0 Å². The van der Waals surface area contributed by atoms with Crippen molar-refractivity contribution in [1.29, 1.82) is 0 Å². The molecule has 0 N–H and O–H groups in total. The maximum Gasteiger partial charge on any atom is 0.416 e. The Kier molecular flexibility index (Phi) is 6.54. The molecule has 0 fully saturated rings. The molecule has 6 aromatic carbocycles. The lowest BCUT2D eigenvalue weighted by Gasteiger charge is -2.15. The summed E-state index contributed by atoms with van der Waals surface area (Å²) < 4.78 is 45.1. The number of aromatic nitrogens is 3. The van der Waals surface area contributed by atoms with Crippen LogP contribution in [0.4, 0.5) is 19.0 Å². The number of halogens is 3. The molecule has 0 bridgehead atoms. The van der Waals surface area contributed by atoms with Gasteiger partial charge in [-0.3, -0.25) is 9.59 Å². The van der Waals surface area contributed by atoms with Crippen LogP contribution in [0.3, 0.4) is 0 Å². The van der Waals surface area contributed by atoms with Crippen LogP contribution < -0.4 is 4.90 Å². The van der Waals surface area contributed by atoms with Gasteiger partial charge < -0.3 is 9.13 Å². The number of benzene rings is 6. The molecule has 254 valence electrons. The van der Waals surface area contributed by atoms with E-state index in [-0.39, 0.29) is 28.2 Å². The lowest BCUT2D eigenvalue weighted by Crippen LogP contribution is -2.30. The average Bonchev–Trinajstić information content (AvgIpc) is 3.80. The van der Waals surface area contributed by atoms with Gasteiger partial charge in [0, 0.05) is 38.5 Å². The smallest absolute Gasteiger partial charge is 0.308 e. The Bertz CT molecular complexity index is 2830. The second-order valence-corrected chi connectivity index (χ2v) is 13.0. The number of nitrogens with zero attached hydrogens (tertiary/aromatic N) is 4. The van der Waals surface area contributed by atoms with Crippen LogP contribution in [0, 0.1) is 0 Å². The third-order valence-electron chi connectivity index (χ3n) is 10.0. The zero-order valence-electron chi connectivity index (χ0n) is 27.7. The van der Waals surface area contributed by atoms with Gasteiger partial charge in [-0.2, -0.15) is 13.2 Å². The van der Waals surface area contributed by atoms with Gasteiger partial charge >= 0.3 is 6.18 Å². The largest absolute Gasteiger partial charge is 0.416 e. The first-order valence-electron chi connectivity index (χ1n) is 17.0. The van der Waals surface area contributed by atoms with E-state index in [4.69, 9.17) is 0 Å². The molecule has 3 aromatic heterocycles. The summed E-state index contributed by atoms with van der Waals surface area (Å²) in [7, 11) is 0. The number of carbonyl (C=O) groups excluding carboxylic acids is 2. The Balaban J connectivity index is 1.33. The van der Waals surface area contributed by atoms with Gasteiger partial charge in [0.2, 0.25) is 0 Å². The van der Waals surface area contributed by atoms with Crippen molar-refractivity contribution in [2.24, 2.45) is 0 Å². The highest BCUT2D eigenvalue weighted by Gasteiger charge is 2.44. The van der Waals surface area contributed by atoms with Crippen molar-refractivity contribution in [3.05, 3.63) is 168 Å². The highest BCUT2D eigenvalue weighted by atomic mass is 19.4. The summed E-state index contributed by atoms with van der Waals surface area (Å²) in [4.78, 5) is 35.9. The third kappa shape index (κ3) is 4.43. The standard InChI is InChI=1S/C44H25F3N4O2/c45-44(46,47)27-14-11-13-26(25-27)32-21-12-24-35(48-32)51-42(52)38-39(43(51)53)41-37(31-20-8-10-23-34(31)50(41)29-17-5-2-6-18-29)36-30-19-7-9-22-33(30)49(40(36)38)28-15-3-1-4-16-28/h1-25H. The first-order chi connectivity index (χ1) is 25.8. The predicted octanol–water partition coefficient (Wildman–Crippen LogP) is 10.8. The average molecular weight is 699 g/mol. The van der Waals surface area contributed by atoms with Gasteiger partial charge in [-0.1, -0.05) is 91.0 Å². The monoisotopic (exact) mass is 698 g/mol. The Hall–Kier alpha value is -7.00. The maximum atomic E-state index is 15.1. The minimum absolute atomic E-state index is 0.0113. The van der Waals surface area contributed by atoms with E-state index in [1.165, 1.54) is 18.2 Å². The fourth-order valence-electron chi connectivity index (χ4n) is 7.89. The van der Waals surface area contributed by atoms with E-state index in [2.05, 4.69) is 4.98 Å². The molecular weight excluding hydrogens is 674 g/mol. The number of anilines is 1. The van der Waals surface area contributed by atoms with E-state index >= 15 is 9.59 Å². The summed E-state index contributed by atoms with van der Waals surface area (Å²) in [6, 6.07) is 44.9. The third-order valence-corrected chi connectivity index (χ3v) is 10.0. The molecule has 0 spiro atoms. The van der Waals surface area contributed by atoms with E-state index in [1.54, 1.807) is 12.1 Å². The van der Waals surface area contributed by atoms with Crippen LogP contribution in [-0.2, 0) is 6.18 Å². The highest BCUT2D eigenvalue weighted by Crippen LogP contribution is 2.48. The molecule has 1 aliphatic heterocycles. The van der Waals surface area contributed by atoms with E-state index in [1.807, 2.05) is 118 Å². The molecule has 0 unspecified atom stereocenters. The number of para-hydroxylation sites is 4. The fourth-order valence-corrected chi connectivity index (χ4v) is 7.89. The van der Waals surface area contributed by atoms with Gasteiger partial charge in [-0.25, -0.2) is 9.88 Å². The molecule has 2 amide bonds. The van der Waals surface area contributed by atoms with Gasteiger partial charge in [-0.15, -0.1) is 0 Å². The zero-order valence-corrected chi connectivity index (χ0v) is 27.7. The molecule has 4 heterocycles. The topological polar surface area (TPSA) is 60.1 Å². The van der Waals surface area contributed by atoms with Gasteiger partial charge in [0.25, 0.3) is 11.8 Å². The molecule has 53 heavy (non-hydrogen) atoms. The summed E-state index contributed by atoms with van der Waals surface area (Å²) >= 11 is 0. The van der Waals surface area contributed by atoms with Gasteiger partial charge in [0.05, 0.1) is 44.5 Å². The summed E-state index contributed by atoms with van der Waals surface area (Å²) in [6.07, 6.45) is -4.55. The Morgan fingerprint density at radius 3 is 1.53 bits per heavy atom. The number of fused-ring (bicyclic) bond motifs is 10. The molecule has 0 aliphatic carbocycles. The molecule has 9 aromatic rings. The molecule has 9 heteroatoms. The number of imide groups is 1. The van der Waals surface area contributed by atoms with E-state index < -0.39 is 23.6 Å². The van der Waals surface area contributed by atoms with Crippen molar-refractivity contribution in [2.75, 3.05) is 4.90 Å². The summed E-state index contributed by atoms with van der Waals surface area (Å²) in [5.41, 5.74) is 4.56. The first-order valence-corrected chi connectivity index (χ1v) is 17.0. The number of amides is 2. The molecule has 6 nitrogen and oxygen atoms in total. The van der Waals surface area contributed by atoms with Crippen LogP contribution in [-0.4, -0.2) is 25.9 Å². The fraction of sp³-hybridized carbons (Fsp3) is 0.0227. The van der Waals surface area contributed by atoms with Crippen LogP contribution in [0.25, 0.3) is 66.2 Å². The number of alkyl halides is 3. The zero-order chi connectivity index (χ0) is 36.0. The summed E-state index contributed by atoms with van der Waals surface area (Å²) in [6.45, 7) is 0. The summed E-state index contributed by atoms with van der Waals surface area (Å²) in [5.74, 6) is -1.14. The van der Waals surface area contributed by atoms with Crippen molar-refractivity contribution in [2.45, 2.75) is 6.18 Å². The molecule has 0 radical (unpaired) electrons. The Morgan fingerprint density at radius 2 is 1.00 bits per heavy atom. The number of pyridine rings is 1. The Labute approximate surface area is 299 Å². The molecule has 0 saturated heterocycles. The SMILES string of the molecule is O=C1c2c(c3c(c4ccccc4n3-c3ccccc3)c3c4ccccc4n(-c4ccccc4)c23)C(=O)N1c1cccc(-c2cccc(C(F)(F)F)c2)n1. The van der Waals surface area contributed by atoms with E-state index in [9.17, 15) is 13.2 Å². The second-order valence-electron chi connectivity index (χ2n) is 13.0. The van der Waals surface area contributed by atoms with Gasteiger partial charge in [-0.05, 0) is 60.7 Å². The van der Waals surface area contributed by atoms with Crippen LogP contribution in [0.1, 0.15) is 26.3 Å². The molecular formula is C44H25F3N4O2. The van der Waals surface area contributed by atoms with Crippen molar-refractivity contribution in [1.82, 2.24) is 14.1 Å². The quantitative estimate of drug-likeness (QED) is 0.172. The normalized spacial score (nSPS) is 13.2. The molecule has 0 saturated carbocycles. The van der Waals surface area contributed by atoms with Crippen LogP contribution in [0.15, 0.2) is 152 Å². The number of rotatable bonds is 4. The summed E-state index contributed by atoms with van der Waals surface area (Å²) in [5, 5.41) is 3.49. The minimum Gasteiger partial charge on any atom is -0.308 e. The van der Waals surface area contributed by atoms with Crippen LogP contribution >= 0.6 is 0 Å². The molecule has 0 atom stereocenters. The first kappa shape index (κ1) is 30.8. The predicted molar refractivity (Wildman–Crippen MR) is 201 cm³/mol. The van der Waals surface area contributed by atoms with E-state index in [0.717, 1.165) is 61.0 Å².